The molecule has 3 N–H and O–H groups in total. The van der Waals surface area contributed by atoms with Crippen molar-refractivity contribution in [2.75, 3.05) is 5.73 Å². The topological polar surface area (TPSA) is 103 Å². The first-order valence-corrected chi connectivity index (χ1v) is 6.32. The molecular weight excluding hydrogens is 260 g/mol. The lowest BCUT2D eigenvalue weighted by Gasteiger charge is -2.03. The third-order valence-corrected chi connectivity index (χ3v) is 2.80. The number of ether oxygens (including phenoxy) is 1. The van der Waals surface area contributed by atoms with Crippen LogP contribution in [0.2, 0.25) is 0 Å². The molecule has 2 aromatic rings. The number of rotatable bonds is 5. The van der Waals surface area contributed by atoms with Crippen LogP contribution in [-0.4, -0.2) is 22.1 Å². The lowest BCUT2D eigenvalue weighted by atomic mass is 10.3. The van der Waals surface area contributed by atoms with Crippen LogP contribution in [-0.2, 0) is 6.61 Å². The molecule has 1 amide bonds. The molecule has 0 atom stereocenters. The van der Waals surface area contributed by atoms with Crippen molar-refractivity contribution in [1.82, 2.24) is 15.5 Å². The summed E-state index contributed by atoms with van der Waals surface area (Å²) in [4.78, 5) is 15.7. The lowest BCUT2D eigenvalue weighted by molar-refractivity contribution is 0.0937. The highest BCUT2D eigenvalue weighted by Crippen LogP contribution is 2.19. The Hall–Kier alpha value is -2.57. The number of amides is 1. The van der Waals surface area contributed by atoms with Gasteiger partial charge in [0.15, 0.2) is 6.61 Å². The Morgan fingerprint density at radius 1 is 1.50 bits per heavy atom. The normalized spacial score (nSPS) is 14.0. The third-order valence-electron chi connectivity index (χ3n) is 2.80. The number of benzene rings is 1. The summed E-state index contributed by atoms with van der Waals surface area (Å²) < 4.78 is 10.4. The molecule has 1 heterocycles. The quantitative estimate of drug-likeness (QED) is 0.792. The highest BCUT2D eigenvalue weighted by Gasteiger charge is 2.26. The summed E-state index contributed by atoms with van der Waals surface area (Å²) in [6.45, 7) is 0.0904. The molecule has 1 saturated carbocycles. The van der Waals surface area contributed by atoms with Crippen LogP contribution in [0.3, 0.4) is 0 Å². The highest BCUT2D eigenvalue weighted by atomic mass is 16.5. The van der Waals surface area contributed by atoms with Gasteiger partial charge in [0, 0.05) is 17.8 Å². The summed E-state index contributed by atoms with van der Waals surface area (Å²) >= 11 is 0. The van der Waals surface area contributed by atoms with E-state index in [9.17, 15) is 4.79 Å². The van der Waals surface area contributed by atoms with Gasteiger partial charge in [-0.2, -0.15) is 4.98 Å². The summed E-state index contributed by atoms with van der Waals surface area (Å²) in [6, 6.07) is 7.27. The van der Waals surface area contributed by atoms with Crippen molar-refractivity contribution in [3.63, 3.8) is 0 Å². The van der Waals surface area contributed by atoms with Gasteiger partial charge in [-0.15, -0.1) is 0 Å². The number of hydrogen-bond donors (Lipinski definition) is 2. The SMILES string of the molecule is Nc1cccc(OCc2nc(C(=O)NC3CC3)no2)c1. The fourth-order valence-corrected chi connectivity index (χ4v) is 1.63. The largest absolute Gasteiger partial charge is 0.484 e. The number of carbonyl (C=O) groups is 1. The van der Waals surface area contributed by atoms with Crippen LogP contribution in [0.5, 0.6) is 5.75 Å². The molecule has 1 aliphatic rings. The standard InChI is InChI=1S/C13H14N4O3/c14-8-2-1-3-10(6-8)19-7-11-16-12(17-20-11)13(18)15-9-4-5-9/h1-3,6,9H,4-5,7,14H2,(H,15,18). The second kappa shape index (κ2) is 5.20. The molecule has 0 aliphatic heterocycles. The number of anilines is 1. The van der Waals surface area contributed by atoms with E-state index in [-0.39, 0.29) is 30.3 Å². The van der Waals surface area contributed by atoms with Crippen LogP contribution < -0.4 is 15.8 Å². The summed E-state index contributed by atoms with van der Waals surface area (Å²) in [5.41, 5.74) is 6.25. The fourth-order valence-electron chi connectivity index (χ4n) is 1.63. The lowest BCUT2D eigenvalue weighted by Crippen LogP contribution is -2.26. The van der Waals surface area contributed by atoms with E-state index in [1.807, 2.05) is 0 Å². The van der Waals surface area contributed by atoms with Crippen molar-refractivity contribution in [1.29, 1.82) is 0 Å². The molecule has 20 heavy (non-hydrogen) atoms. The molecule has 3 rings (SSSR count). The van der Waals surface area contributed by atoms with E-state index in [1.165, 1.54) is 0 Å². The zero-order valence-electron chi connectivity index (χ0n) is 10.7. The number of carbonyl (C=O) groups excluding carboxylic acids is 1. The van der Waals surface area contributed by atoms with Gasteiger partial charge in [-0.3, -0.25) is 4.79 Å². The van der Waals surface area contributed by atoms with E-state index in [2.05, 4.69) is 15.5 Å². The van der Waals surface area contributed by atoms with Crippen LogP contribution in [0, 0.1) is 0 Å². The number of nitrogens with one attached hydrogen (secondary N) is 1. The minimum atomic E-state index is -0.313. The van der Waals surface area contributed by atoms with Crippen LogP contribution >= 0.6 is 0 Å². The molecular formula is C13H14N4O3. The molecule has 0 unspecified atom stereocenters. The molecule has 104 valence electrons. The Morgan fingerprint density at radius 2 is 2.35 bits per heavy atom. The van der Waals surface area contributed by atoms with E-state index >= 15 is 0 Å². The molecule has 1 aromatic heterocycles. The smallest absolute Gasteiger partial charge is 0.292 e. The Labute approximate surface area is 115 Å². The summed E-state index contributed by atoms with van der Waals surface area (Å²) in [7, 11) is 0. The zero-order chi connectivity index (χ0) is 13.9. The van der Waals surface area contributed by atoms with E-state index in [1.54, 1.807) is 24.3 Å². The average molecular weight is 274 g/mol. The predicted octanol–water partition coefficient (Wildman–Crippen LogP) is 1.12. The van der Waals surface area contributed by atoms with Crippen molar-refractivity contribution >= 4 is 11.6 Å². The Morgan fingerprint density at radius 3 is 3.10 bits per heavy atom. The van der Waals surface area contributed by atoms with Gasteiger partial charge >= 0.3 is 0 Å². The highest BCUT2D eigenvalue weighted by molar-refractivity contribution is 5.90. The molecule has 1 fully saturated rings. The maximum atomic E-state index is 11.7. The minimum absolute atomic E-state index is 0.0306. The first-order chi connectivity index (χ1) is 9.70. The number of nitrogens with two attached hydrogens (primary N) is 1. The molecule has 0 bridgehead atoms. The molecule has 0 spiro atoms. The number of hydrogen-bond acceptors (Lipinski definition) is 6. The number of nitrogen functional groups attached to an aromatic ring is 1. The van der Waals surface area contributed by atoms with Gasteiger partial charge in [-0.1, -0.05) is 11.2 Å². The van der Waals surface area contributed by atoms with Gasteiger partial charge in [-0.05, 0) is 25.0 Å². The average Bonchev–Trinajstić information content (AvgIpc) is 3.11. The van der Waals surface area contributed by atoms with Gasteiger partial charge in [0.1, 0.15) is 5.75 Å². The van der Waals surface area contributed by atoms with Gasteiger partial charge in [-0.25, -0.2) is 0 Å². The summed E-state index contributed by atoms with van der Waals surface area (Å²) in [5.74, 6) is 0.565. The first kappa shape index (κ1) is 12.5. The molecule has 1 aromatic carbocycles. The van der Waals surface area contributed by atoms with E-state index in [4.69, 9.17) is 15.0 Å². The monoisotopic (exact) mass is 274 g/mol. The molecule has 0 radical (unpaired) electrons. The van der Waals surface area contributed by atoms with E-state index < -0.39 is 0 Å². The minimum Gasteiger partial charge on any atom is -0.484 e. The fraction of sp³-hybridized carbons (Fsp3) is 0.308. The van der Waals surface area contributed by atoms with Gasteiger partial charge in [0.05, 0.1) is 0 Å². The van der Waals surface area contributed by atoms with Crippen molar-refractivity contribution in [3.8, 4) is 5.75 Å². The van der Waals surface area contributed by atoms with Crippen LogP contribution in [0.4, 0.5) is 5.69 Å². The van der Waals surface area contributed by atoms with Gasteiger partial charge in [0.2, 0.25) is 0 Å². The van der Waals surface area contributed by atoms with Gasteiger partial charge in [0.25, 0.3) is 17.6 Å². The summed E-state index contributed by atoms with van der Waals surface area (Å²) in [5, 5.41) is 6.41. The predicted molar refractivity (Wildman–Crippen MR) is 70.0 cm³/mol. The Kier molecular flexibility index (Phi) is 3.24. The van der Waals surface area contributed by atoms with E-state index in [0.717, 1.165) is 12.8 Å². The number of aromatic nitrogens is 2. The summed E-state index contributed by atoms with van der Waals surface area (Å²) in [6.07, 6.45) is 2.02. The van der Waals surface area contributed by atoms with Crippen LogP contribution in [0.15, 0.2) is 28.8 Å². The van der Waals surface area contributed by atoms with Crippen molar-refractivity contribution < 1.29 is 14.1 Å². The molecule has 7 heteroatoms. The van der Waals surface area contributed by atoms with Crippen LogP contribution in [0.25, 0.3) is 0 Å². The second-order valence-electron chi connectivity index (χ2n) is 4.62. The van der Waals surface area contributed by atoms with E-state index in [0.29, 0.717) is 11.4 Å². The Balaban J connectivity index is 1.58. The van der Waals surface area contributed by atoms with Crippen molar-refractivity contribution in [2.24, 2.45) is 0 Å². The first-order valence-electron chi connectivity index (χ1n) is 6.32. The zero-order valence-corrected chi connectivity index (χ0v) is 10.7. The molecule has 7 nitrogen and oxygen atoms in total. The van der Waals surface area contributed by atoms with Crippen molar-refractivity contribution in [2.45, 2.75) is 25.5 Å². The Bertz CT molecular complexity index is 622. The molecule has 1 aliphatic carbocycles. The maximum Gasteiger partial charge on any atom is 0.292 e. The second-order valence-corrected chi connectivity index (χ2v) is 4.62. The molecule has 0 saturated heterocycles. The van der Waals surface area contributed by atoms with Gasteiger partial charge < -0.3 is 20.3 Å². The van der Waals surface area contributed by atoms with Crippen molar-refractivity contribution in [3.05, 3.63) is 36.0 Å². The van der Waals surface area contributed by atoms with Crippen LogP contribution in [0.1, 0.15) is 29.4 Å². The number of nitrogens with zero attached hydrogens (tertiary/aromatic N) is 2. The maximum absolute atomic E-state index is 11.7. The third kappa shape index (κ3) is 3.05.